The Bertz CT molecular complexity index is 1050. The number of thiazole rings is 1. The van der Waals surface area contributed by atoms with Crippen LogP contribution in [0.1, 0.15) is 77.9 Å². The summed E-state index contributed by atoms with van der Waals surface area (Å²) in [6.45, 7) is 10.8. The maximum atomic E-state index is 13.3. The first-order valence-electron chi connectivity index (χ1n) is 13.3. The molecular formula is C28H41NO7S. The summed E-state index contributed by atoms with van der Waals surface area (Å²) in [5.74, 6) is -0.823. The van der Waals surface area contributed by atoms with E-state index in [2.05, 4.69) is 11.9 Å². The third-order valence-corrected chi connectivity index (χ3v) is 9.79. The molecule has 0 aromatic carbocycles. The first kappa shape index (κ1) is 28.4. The van der Waals surface area contributed by atoms with E-state index >= 15 is 0 Å². The number of carbonyl (C=O) groups is 2. The molecule has 206 valence electrons. The first-order valence-corrected chi connectivity index (χ1v) is 14.2. The van der Waals surface area contributed by atoms with Crippen LogP contribution in [0, 0.1) is 29.1 Å². The van der Waals surface area contributed by atoms with Crippen molar-refractivity contribution in [3.63, 3.8) is 0 Å². The zero-order valence-electron chi connectivity index (χ0n) is 22.6. The van der Waals surface area contributed by atoms with Crippen molar-refractivity contribution in [1.29, 1.82) is 0 Å². The van der Waals surface area contributed by atoms with Gasteiger partial charge in [0.05, 0.1) is 48.0 Å². The van der Waals surface area contributed by atoms with Gasteiger partial charge in [0.25, 0.3) is 0 Å². The Morgan fingerprint density at radius 3 is 2.57 bits per heavy atom. The highest BCUT2D eigenvalue weighted by atomic mass is 32.1. The number of fused-ring (bicyclic) bond motifs is 2. The van der Waals surface area contributed by atoms with Crippen LogP contribution in [0.15, 0.2) is 11.0 Å². The molecule has 1 aromatic heterocycles. The Morgan fingerprint density at radius 2 is 1.92 bits per heavy atom. The highest BCUT2D eigenvalue weighted by Gasteiger charge is 2.58. The predicted molar refractivity (Wildman–Crippen MR) is 139 cm³/mol. The summed E-state index contributed by atoms with van der Waals surface area (Å²) in [6, 6.07) is 0. The Kier molecular flexibility index (Phi) is 8.04. The average Bonchev–Trinajstić information content (AvgIpc) is 3.68. The molecule has 9 atom stereocenters. The highest BCUT2D eigenvalue weighted by Crippen LogP contribution is 2.56. The summed E-state index contributed by atoms with van der Waals surface area (Å²) in [7, 11) is 0. The third-order valence-electron chi connectivity index (χ3n) is 8.94. The van der Waals surface area contributed by atoms with E-state index in [1.54, 1.807) is 20.8 Å². The average molecular weight is 536 g/mol. The molecule has 0 bridgehead atoms. The number of aliphatic hydroxyl groups is 3. The molecule has 0 spiro atoms. The maximum Gasteiger partial charge on any atom is 0.309 e. The molecule has 4 unspecified atom stereocenters. The molecule has 37 heavy (non-hydrogen) atoms. The second-order valence-corrected chi connectivity index (χ2v) is 13.1. The van der Waals surface area contributed by atoms with Crippen molar-refractivity contribution < 1.29 is 34.4 Å². The highest BCUT2D eigenvalue weighted by molar-refractivity contribution is 7.09. The summed E-state index contributed by atoms with van der Waals surface area (Å²) in [6.07, 6.45) is 1.13. The number of nitrogens with zero attached hydrogens (tertiary/aromatic N) is 1. The van der Waals surface area contributed by atoms with E-state index in [-0.39, 0.29) is 36.4 Å². The minimum Gasteiger partial charge on any atom is -0.458 e. The van der Waals surface area contributed by atoms with Gasteiger partial charge in [0.2, 0.25) is 0 Å². The van der Waals surface area contributed by atoms with Crippen LogP contribution >= 0.6 is 11.3 Å². The van der Waals surface area contributed by atoms with Gasteiger partial charge in [-0.25, -0.2) is 4.98 Å². The van der Waals surface area contributed by atoms with Crippen LogP contribution in [0.3, 0.4) is 0 Å². The number of hydrogen-bond acceptors (Lipinski definition) is 9. The number of ketones is 1. The molecule has 2 saturated heterocycles. The number of ether oxygens (including phenoxy) is 2. The zero-order chi connectivity index (χ0) is 27.3. The summed E-state index contributed by atoms with van der Waals surface area (Å²) < 4.78 is 12.0. The molecule has 1 saturated carbocycles. The quantitative estimate of drug-likeness (QED) is 0.396. The van der Waals surface area contributed by atoms with Gasteiger partial charge >= 0.3 is 5.97 Å². The number of cyclic esters (lactones) is 1. The van der Waals surface area contributed by atoms with Crippen molar-refractivity contribution >= 4 is 29.2 Å². The lowest BCUT2D eigenvalue weighted by Gasteiger charge is -2.34. The predicted octanol–water partition coefficient (Wildman–Crippen LogP) is 3.52. The summed E-state index contributed by atoms with van der Waals surface area (Å²) in [5, 5.41) is 33.7. The second-order valence-electron chi connectivity index (χ2n) is 12.2. The SMILES string of the molecule is C/C(=C\c1csc(CO)n1)[C@@H]1CC2OC2(C)CC2CC2[C@H](C)[C@H](O)[C@@H](C)C(=O)C(C)(C)[C@H](O)CC(=O)O1. The molecule has 1 aliphatic carbocycles. The van der Waals surface area contributed by atoms with Gasteiger partial charge in [-0.05, 0) is 56.1 Å². The normalized spacial score (nSPS) is 40.9. The van der Waals surface area contributed by atoms with E-state index in [0.29, 0.717) is 29.0 Å². The Balaban J connectivity index is 1.59. The number of carbonyl (C=O) groups excluding carboxylic acids is 2. The molecule has 3 aliphatic rings. The fourth-order valence-corrected chi connectivity index (χ4v) is 6.59. The minimum atomic E-state index is -1.25. The zero-order valence-corrected chi connectivity index (χ0v) is 23.5. The molecule has 4 rings (SSSR count). The van der Waals surface area contributed by atoms with Gasteiger partial charge in [-0.15, -0.1) is 11.3 Å². The van der Waals surface area contributed by atoms with Crippen molar-refractivity contribution in [2.24, 2.45) is 29.1 Å². The van der Waals surface area contributed by atoms with Crippen LogP contribution in [0.25, 0.3) is 6.08 Å². The van der Waals surface area contributed by atoms with Gasteiger partial charge in [0, 0.05) is 17.7 Å². The first-order chi connectivity index (χ1) is 17.3. The van der Waals surface area contributed by atoms with Gasteiger partial charge < -0.3 is 24.8 Å². The smallest absolute Gasteiger partial charge is 0.309 e. The van der Waals surface area contributed by atoms with Gasteiger partial charge in [-0.3, -0.25) is 9.59 Å². The molecule has 0 radical (unpaired) electrons. The van der Waals surface area contributed by atoms with E-state index in [1.165, 1.54) is 11.3 Å². The van der Waals surface area contributed by atoms with Crippen LogP contribution in [-0.4, -0.2) is 62.1 Å². The van der Waals surface area contributed by atoms with Gasteiger partial charge in [0.1, 0.15) is 16.9 Å². The van der Waals surface area contributed by atoms with Crippen LogP contribution < -0.4 is 0 Å². The standard InChI is InChI=1S/C28H41NO7S/c1-14(7-18-13-37-23(12-30)29-18)20-9-22-28(6,36-22)11-17-8-19(17)15(2)25(33)16(3)26(34)27(4,5)21(31)10-24(32)35-20/h7,13,15-17,19-22,25,30-31,33H,8-12H2,1-6H3/b14-7+/t15-,16+,17?,19?,20-,21+,22?,25-,28?/m0/s1. The van der Waals surface area contributed by atoms with Crippen LogP contribution in [-0.2, 0) is 25.7 Å². The van der Waals surface area contributed by atoms with E-state index in [0.717, 1.165) is 18.4 Å². The monoisotopic (exact) mass is 535 g/mol. The molecule has 2 aliphatic heterocycles. The van der Waals surface area contributed by atoms with Crippen LogP contribution in [0.5, 0.6) is 0 Å². The molecule has 8 nitrogen and oxygen atoms in total. The lowest BCUT2D eigenvalue weighted by Crippen LogP contribution is -2.46. The fourth-order valence-electron chi connectivity index (χ4n) is 5.98. The number of aromatic nitrogens is 1. The lowest BCUT2D eigenvalue weighted by molar-refractivity contribution is -0.154. The van der Waals surface area contributed by atoms with E-state index in [9.17, 15) is 24.9 Å². The maximum absolute atomic E-state index is 13.3. The van der Waals surface area contributed by atoms with Crippen LogP contribution in [0.4, 0.5) is 0 Å². The van der Waals surface area contributed by atoms with Gasteiger partial charge in [-0.1, -0.05) is 27.7 Å². The molecule has 3 N–H and O–H groups in total. The third kappa shape index (κ3) is 6.01. The Hall–Kier alpha value is -1.65. The number of rotatable bonds is 3. The number of epoxide rings is 1. The summed E-state index contributed by atoms with van der Waals surface area (Å²) in [5.41, 5.74) is -0.0661. The van der Waals surface area contributed by atoms with Crippen molar-refractivity contribution in [2.45, 2.75) is 104 Å². The Morgan fingerprint density at radius 1 is 1.22 bits per heavy atom. The number of aliphatic hydroxyl groups excluding tert-OH is 3. The van der Waals surface area contributed by atoms with Crippen molar-refractivity contribution in [3.05, 3.63) is 21.7 Å². The van der Waals surface area contributed by atoms with E-state index in [1.807, 2.05) is 25.3 Å². The summed E-state index contributed by atoms with van der Waals surface area (Å²) >= 11 is 1.36. The number of hydrogen-bond donors (Lipinski definition) is 3. The van der Waals surface area contributed by atoms with Gasteiger partial charge in [0.15, 0.2) is 0 Å². The number of Topliss-reactive ketones (excluding diaryl/α,β-unsaturated/α-hetero) is 1. The van der Waals surface area contributed by atoms with E-state index in [4.69, 9.17) is 9.47 Å². The van der Waals surface area contributed by atoms with Crippen molar-refractivity contribution in [3.8, 4) is 0 Å². The molecular weight excluding hydrogens is 494 g/mol. The van der Waals surface area contributed by atoms with Gasteiger partial charge in [-0.2, -0.15) is 0 Å². The molecule has 9 heteroatoms. The Labute approximate surface area is 223 Å². The topological polar surface area (TPSA) is 129 Å². The van der Waals surface area contributed by atoms with Crippen LogP contribution in [0.2, 0.25) is 0 Å². The van der Waals surface area contributed by atoms with Crippen molar-refractivity contribution in [1.82, 2.24) is 4.98 Å². The molecule has 1 aromatic rings. The molecule has 0 amide bonds. The van der Waals surface area contributed by atoms with E-state index < -0.39 is 35.6 Å². The molecule has 3 heterocycles. The number of esters is 1. The lowest BCUT2D eigenvalue weighted by atomic mass is 9.72. The minimum absolute atomic E-state index is 0.0459. The molecule has 3 fully saturated rings. The fraction of sp³-hybridized carbons (Fsp3) is 0.750. The summed E-state index contributed by atoms with van der Waals surface area (Å²) in [4.78, 5) is 30.7. The second kappa shape index (κ2) is 10.5. The largest absolute Gasteiger partial charge is 0.458 e. The van der Waals surface area contributed by atoms with Crippen molar-refractivity contribution in [2.75, 3.05) is 0 Å².